The van der Waals surface area contributed by atoms with E-state index in [1.165, 1.54) is 6.26 Å². The van der Waals surface area contributed by atoms with E-state index in [0.717, 1.165) is 5.56 Å². The van der Waals surface area contributed by atoms with E-state index in [-0.39, 0.29) is 5.69 Å². The van der Waals surface area contributed by atoms with Gasteiger partial charge < -0.3 is 10.2 Å². The molecule has 3 nitrogen and oxygen atoms in total. The number of hydrogen-bond acceptors (Lipinski definition) is 3. The van der Waals surface area contributed by atoms with Crippen molar-refractivity contribution in [2.45, 2.75) is 0 Å². The van der Waals surface area contributed by atoms with Crippen LogP contribution < -0.4 is 11.4 Å². The molecule has 0 spiro atoms. The van der Waals surface area contributed by atoms with Gasteiger partial charge in [0, 0.05) is 5.56 Å². The van der Waals surface area contributed by atoms with Crippen LogP contribution in [0.15, 0.2) is 51.9 Å². The Labute approximate surface area is 80.8 Å². The minimum absolute atomic E-state index is 0.152. The summed E-state index contributed by atoms with van der Waals surface area (Å²) in [6, 6.07) is 11.2. The molecule has 1 heterocycles. The summed E-state index contributed by atoms with van der Waals surface area (Å²) in [7, 11) is 0. The molecule has 70 valence electrons. The van der Waals surface area contributed by atoms with Gasteiger partial charge in [-0.1, -0.05) is 30.3 Å². The summed E-state index contributed by atoms with van der Waals surface area (Å²) < 4.78 is 4.64. The number of benzene rings is 1. The van der Waals surface area contributed by atoms with Crippen LogP contribution in [0.5, 0.6) is 0 Å². The van der Waals surface area contributed by atoms with Crippen molar-refractivity contribution in [1.82, 2.24) is 0 Å². The predicted molar refractivity (Wildman–Crippen MR) is 54.8 cm³/mol. The van der Waals surface area contributed by atoms with E-state index in [1.807, 2.05) is 30.3 Å². The maximum atomic E-state index is 11.1. The Hall–Kier alpha value is -2.03. The van der Waals surface area contributed by atoms with Gasteiger partial charge in [0.25, 0.3) is 0 Å². The molecule has 0 aliphatic carbocycles. The molecule has 14 heavy (non-hydrogen) atoms. The second kappa shape index (κ2) is 3.38. The first-order valence-corrected chi connectivity index (χ1v) is 4.22. The zero-order chi connectivity index (χ0) is 9.97. The maximum Gasteiger partial charge on any atom is 0.359 e. The summed E-state index contributed by atoms with van der Waals surface area (Å²) in [5, 5.41) is 0. The molecule has 2 N–H and O–H groups in total. The van der Waals surface area contributed by atoms with Crippen LogP contribution in [0.2, 0.25) is 0 Å². The fourth-order valence-corrected chi connectivity index (χ4v) is 1.30. The minimum Gasteiger partial charge on any atom is -0.430 e. The SMILES string of the molecule is Nc1c(-c2ccccc2)ccoc1=O. The minimum atomic E-state index is -0.494. The highest BCUT2D eigenvalue weighted by Crippen LogP contribution is 2.21. The van der Waals surface area contributed by atoms with Crippen LogP contribution in [0.25, 0.3) is 11.1 Å². The van der Waals surface area contributed by atoms with E-state index in [2.05, 4.69) is 4.42 Å². The Kier molecular flexibility index (Phi) is 2.07. The summed E-state index contributed by atoms with van der Waals surface area (Å²) in [4.78, 5) is 11.1. The number of nitrogens with two attached hydrogens (primary N) is 1. The van der Waals surface area contributed by atoms with E-state index < -0.39 is 5.63 Å². The molecule has 0 saturated carbocycles. The van der Waals surface area contributed by atoms with Gasteiger partial charge in [-0.15, -0.1) is 0 Å². The molecule has 3 heteroatoms. The predicted octanol–water partition coefficient (Wildman–Crippen LogP) is 1.89. The Morgan fingerprint density at radius 1 is 1.07 bits per heavy atom. The number of rotatable bonds is 1. The van der Waals surface area contributed by atoms with Crippen molar-refractivity contribution in [2.24, 2.45) is 0 Å². The van der Waals surface area contributed by atoms with Gasteiger partial charge in [0.05, 0.1) is 6.26 Å². The molecular formula is C11H9NO2. The summed E-state index contributed by atoms with van der Waals surface area (Å²) in [6.45, 7) is 0. The molecule has 0 aliphatic heterocycles. The first-order chi connectivity index (χ1) is 6.79. The quantitative estimate of drug-likeness (QED) is 0.741. The molecule has 1 aromatic heterocycles. The van der Waals surface area contributed by atoms with Crippen LogP contribution in [0, 0.1) is 0 Å². The molecule has 0 bridgehead atoms. The van der Waals surface area contributed by atoms with Gasteiger partial charge >= 0.3 is 5.63 Å². The summed E-state index contributed by atoms with van der Waals surface area (Å²) >= 11 is 0. The molecule has 2 rings (SSSR count). The third-order valence-electron chi connectivity index (χ3n) is 2.00. The van der Waals surface area contributed by atoms with E-state index in [9.17, 15) is 4.79 Å². The molecular weight excluding hydrogens is 178 g/mol. The lowest BCUT2D eigenvalue weighted by atomic mass is 10.1. The summed E-state index contributed by atoms with van der Waals surface area (Å²) in [5.41, 5.74) is 6.89. The first-order valence-electron chi connectivity index (χ1n) is 4.22. The summed E-state index contributed by atoms with van der Waals surface area (Å²) in [6.07, 6.45) is 1.35. The number of hydrogen-bond donors (Lipinski definition) is 1. The van der Waals surface area contributed by atoms with Crippen molar-refractivity contribution in [3.8, 4) is 11.1 Å². The van der Waals surface area contributed by atoms with Crippen LogP contribution >= 0.6 is 0 Å². The van der Waals surface area contributed by atoms with E-state index in [1.54, 1.807) is 6.07 Å². The Balaban J connectivity index is 2.64. The highest BCUT2D eigenvalue weighted by molar-refractivity contribution is 5.74. The van der Waals surface area contributed by atoms with Crippen LogP contribution in [-0.2, 0) is 0 Å². The van der Waals surface area contributed by atoms with Crippen LogP contribution in [0.1, 0.15) is 0 Å². The Morgan fingerprint density at radius 2 is 1.79 bits per heavy atom. The van der Waals surface area contributed by atoms with E-state index in [0.29, 0.717) is 5.56 Å². The topological polar surface area (TPSA) is 56.2 Å². The molecule has 0 atom stereocenters. The van der Waals surface area contributed by atoms with Gasteiger partial charge in [0.1, 0.15) is 5.69 Å². The van der Waals surface area contributed by atoms with Gasteiger partial charge in [-0.05, 0) is 11.6 Å². The smallest absolute Gasteiger partial charge is 0.359 e. The molecule has 0 radical (unpaired) electrons. The zero-order valence-corrected chi connectivity index (χ0v) is 7.44. The molecule has 2 aromatic rings. The Bertz CT molecular complexity index is 488. The largest absolute Gasteiger partial charge is 0.430 e. The third-order valence-corrected chi connectivity index (χ3v) is 2.00. The second-order valence-corrected chi connectivity index (χ2v) is 2.90. The highest BCUT2D eigenvalue weighted by atomic mass is 16.4. The van der Waals surface area contributed by atoms with Gasteiger partial charge in [-0.2, -0.15) is 0 Å². The first kappa shape index (κ1) is 8.56. The van der Waals surface area contributed by atoms with Crippen molar-refractivity contribution < 1.29 is 4.42 Å². The molecule has 0 aliphatic rings. The number of nitrogen functional groups attached to an aromatic ring is 1. The monoisotopic (exact) mass is 187 g/mol. The lowest BCUT2D eigenvalue weighted by Gasteiger charge is -2.02. The van der Waals surface area contributed by atoms with Gasteiger partial charge in [-0.3, -0.25) is 0 Å². The standard InChI is InChI=1S/C11H9NO2/c12-10-9(6-7-14-11(10)13)8-4-2-1-3-5-8/h1-7H,12H2. The maximum absolute atomic E-state index is 11.1. The fourth-order valence-electron chi connectivity index (χ4n) is 1.30. The average molecular weight is 187 g/mol. The van der Waals surface area contributed by atoms with Gasteiger partial charge in [-0.25, -0.2) is 4.79 Å². The molecule has 1 aromatic carbocycles. The second-order valence-electron chi connectivity index (χ2n) is 2.90. The fraction of sp³-hybridized carbons (Fsp3) is 0. The Morgan fingerprint density at radius 3 is 2.50 bits per heavy atom. The highest BCUT2D eigenvalue weighted by Gasteiger charge is 2.05. The average Bonchev–Trinajstić information content (AvgIpc) is 2.23. The molecule has 0 unspecified atom stereocenters. The van der Waals surface area contributed by atoms with Crippen LogP contribution in [-0.4, -0.2) is 0 Å². The summed E-state index contributed by atoms with van der Waals surface area (Å²) in [5.74, 6) is 0. The van der Waals surface area contributed by atoms with Gasteiger partial charge in [0.2, 0.25) is 0 Å². The lowest BCUT2D eigenvalue weighted by molar-refractivity contribution is 0.514. The normalized spacial score (nSPS) is 10.0. The van der Waals surface area contributed by atoms with E-state index in [4.69, 9.17) is 5.73 Å². The molecule has 0 saturated heterocycles. The van der Waals surface area contributed by atoms with Crippen molar-refractivity contribution >= 4 is 5.69 Å². The van der Waals surface area contributed by atoms with Crippen molar-refractivity contribution in [1.29, 1.82) is 0 Å². The van der Waals surface area contributed by atoms with Crippen LogP contribution in [0.4, 0.5) is 5.69 Å². The van der Waals surface area contributed by atoms with Gasteiger partial charge in [0.15, 0.2) is 0 Å². The molecule has 0 fully saturated rings. The number of anilines is 1. The zero-order valence-electron chi connectivity index (χ0n) is 7.44. The van der Waals surface area contributed by atoms with Crippen molar-refractivity contribution in [3.05, 3.63) is 53.1 Å². The van der Waals surface area contributed by atoms with Crippen LogP contribution in [0.3, 0.4) is 0 Å². The lowest BCUT2D eigenvalue weighted by Crippen LogP contribution is -2.07. The van der Waals surface area contributed by atoms with E-state index >= 15 is 0 Å². The van der Waals surface area contributed by atoms with Crippen molar-refractivity contribution in [2.75, 3.05) is 5.73 Å². The molecule has 0 amide bonds. The third kappa shape index (κ3) is 1.40. The van der Waals surface area contributed by atoms with Crippen molar-refractivity contribution in [3.63, 3.8) is 0 Å².